The van der Waals surface area contributed by atoms with Gasteiger partial charge in [-0.1, -0.05) is 13.3 Å². The average Bonchev–Trinajstić information content (AvgIpc) is 2.29. The van der Waals surface area contributed by atoms with E-state index in [0.29, 0.717) is 0 Å². The number of phenols is 1. The minimum absolute atomic E-state index is 0.0289. The lowest BCUT2D eigenvalue weighted by atomic mass is 10.2. The van der Waals surface area contributed by atoms with Crippen LogP contribution >= 0.6 is 0 Å². The summed E-state index contributed by atoms with van der Waals surface area (Å²) in [4.78, 5) is 0.209. The highest BCUT2D eigenvalue weighted by atomic mass is 32.2. The summed E-state index contributed by atoms with van der Waals surface area (Å²) in [7, 11) is -1.87. The molecule has 4 nitrogen and oxygen atoms in total. The molecule has 0 radical (unpaired) electrons. The van der Waals surface area contributed by atoms with Gasteiger partial charge in [0.15, 0.2) is 0 Å². The molecule has 0 bridgehead atoms. The van der Waals surface area contributed by atoms with Crippen LogP contribution in [0.4, 0.5) is 0 Å². The Hall–Kier alpha value is -1.07. The second-order valence-electron chi connectivity index (χ2n) is 4.15. The molecule has 5 heteroatoms. The van der Waals surface area contributed by atoms with Crippen LogP contribution in [-0.2, 0) is 10.0 Å². The highest BCUT2D eigenvalue weighted by Crippen LogP contribution is 2.20. The van der Waals surface area contributed by atoms with Crippen molar-refractivity contribution in [2.24, 2.45) is 0 Å². The first-order valence-electron chi connectivity index (χ1n) is 5.66. The van der Waals surface area contributed by atoms with Crippen LogP contribution in [0.15, 0.2) is 29.2 Å². The van der Waals surface area contributed by atoms with Crippen LogP contribution in [0.3, 0.4) is 0 Å². The van der Waals surface area contributed by atoms with E-state index in [1.165, 1.54) is 28.6 Å². The predicted octanol–water partition coefficient (Wildman–Crippen LogP) is 2.20. The summed E-state index contributed by atoms with van der Waals surface area (Å²) in [6.45, 7) is 3.92. The largest absolute Gasteiger partial charge is 0.508 e. The lowest BCUT2D eigenvalue weighted by Crippen LogP contribution is -2.34. The first-order chi connectivity index (χ1) is 7.89. The molecule has 0 heterocycles. The summed E-state index contributed by atoms with van der Waals surface area (Å²) in [6.07, 6.45) is 1.77. The first kappa shape index (κ1) is 14.0. The molecule has 1 unspecified atom stereocenters. The van der Waals surface area contributed by atoms with Crippen LogP contribution in [0.1, 0.15) is 26.7 Å². The Morgan fingerprint density at radius 3 is 2.29 bits per heavy atom. The molecule has 0 aliphatic heterocycles. The van der Waals surface area contributed by atoms with Gasteiger partial charge in [-0.3, -0.25) is 0 Å². The van der Waals surface area contributed by atoms with Crippen molar-refractivity contribution in [3.8, 4) is 5.75 Å². The summed E-state index contributed by atoms with van der Waals surface area (Å²) in [5.41, 5.74) is 0. The maximum absolute atomic E-state index is 12.2. The molecule has 1 N–H and O–H groups in total. The van der Waals surface area contributed by atoms with Gasteiger partial charge in [-0.25, -0.2) is 8.42 Å². The van der Waals surface area contributed by atoms with Crippen LogP contribution in [0.25, 0.3) is 0 Å². The second kappa shape index (κ2) is 5.51. The van der Waals surface area contributed by atoms with Crippen LogP contribution in [-0.4, -0.2) is 30.9 Å². The molecule has 1 aromatic carbocycles. The Kier molecular flexibility index (Phi) is 4.54. The Bertz CT molecular complexity index is 453. The van der Waals surface area contributed by atoms with Crippen molar-refractivity contribution in [3.63, 3.8) is 0 Å². The zero-order chi connectivity index (χ0) is 13.1. The van der Waals surface area contributed by atoms with E-state index in [1.807, 2.05) is 13.8 Å². The van der Waals surface area contributed by atoms with E-state index in [9.17, 15) is 8.42 Å². The number of hydrogen-bond donors (Lipinski definition) is 1. The van der Waals surface area contributed by atoms with Gasteiger partial charge in [-0.15, -0.1) is 0 Å². The van der Waals surface area contributed by atoms with Gasteiger partial charge in [0.05, 0.1) is 4.90 Å². The van der Waals surface area contributed by atoms with Crippen LogP contribution < -0.4 is 0 Å². The maximum Gasteiger partial charge on any atom is 0.243 e. The minimum Gasteiger partial charge on any atom is -0.508 e. The van der Waals surface area contributed by atoms with Crippen molar-refractivity contribution < 1.29 is 13.5 Å². The highest BCUT2D eigenvalue weighted by Gasteiger charge is 2.24. The molecule has 0 spiro atoms. The zero-order valence-corrected chi connectivity index (χ0v) is 11.2. The van der Waals surface area contributed by atoms with Gasteiger partial charge in [0.2, 0.25) is 10.0 Å². The molecule has 96 valence electrons. The fourth-order valence-electron chi connectivity index (χ4n) is 1.62. The summed E-state index contributed by atoms with van der Waals surface area (Å²) in [5.74, 6) is 0.0632. The van der Waals surface area contributed by atoms with E-state index in [-0.39, 0.29) is 16.7 Å². The Morgan fingerprint density at radius 2 is 1.82 bits per heavy atom. The normalized spacial score (nSPS) is 13.9. The van der Waals surface area contributed by atoms with E-state index in [2.05, 4.69) is 0 Å². The number of nitrogens with zero attached hydrogens (tertiary/aromatic N) is 1. The van der Waals surface area contributed by atoms with Crippen molar-refractivity contribution in [1.82, 2.24) is 4.31 Å². The molecule has 1 rings (SSSR count). The number of aromatic hydroxyl groups is 1. The van der Waals surface area contributed by atoms with Gasteiger partial charge in [0.25, 0.3) is 0 Å². The van der Waals surface area contributed by atoms with E-state index < -0.39 is 10.0 Å². The van der Waals surface area contributed by atoms with Crippen molar-refractivity contribution in [2.75, 3.05) is 7.05 Å². The molecule has 0 fully saturated rings. The standard InChI is InChI=1S/C12H19NO3S/c1-4-5-10(2)13(3)17(15,16)12-8-6-11(14)7-9-12/h6-10,14H,4-5H2,1-3H3. The van der Waals surface area contributed by atoms with Gasteiger partial charge in [-0.2, -0.15) is 4.31 Å². The van der Waals surface area contributed by atoms with Gasteiger partial charge in [-0.05, 0) is 37.6 Å². The number of benzene rings is 1. The molecule has 0 saturated heterocycles. The Morgan fingerprint density at radius 1 is 1.29 bits per heavy atom. The lowest BCUT2D eigenvalue weighted by molar-refractivity contribution is 0.368. The lowest BCUT2D eigenvalue weighted by Gasteiger charge is -2.23. The molecule has 0 amide bonds. The van der Waals surface area contributed by atoms with Crippen molar-refractivity contribution in [1.29, 1.82) is 0 Å². The predicted molar refractivity (Wildman–Crippen MR) is 67.4 cm³/mol. The second-order valence-corrected chi connectivity index (χ2v) is 6.15. The molecular weight excluding hydrogens is 238 g/mol. The maximum atomic E-state index is 12.2. The molecule has 1 aromatic rings. The van der Waals surface area contributed by atoms with E-state index in [0.717, 1.165) is 12.8 Å². The van der Waals surface area contributed by atoms with Crippen LogP contribution in [0, 0.1) is 0 Å². The van der Waals surface area contributed by atoms with Crippen molar-refractivity contribution in [2.45, 2.75) is 37.6 Å². The molecule has 0 aliphatic rings. The quantitative estimate of drug-likeness (QED) is 0.879. The fourth-order valence-corrected chi connectivity index (χ4v) is 3.01. The SMILES string of the molecule is CCCC(C)N(C)S(=O)(=O)c1ccc(O)cc1. The number of rotatable bonds is 5. The van der Waals surface area contributed by atoms with Crippen molar-refractivity contribution in [3.05, 3.63) is 24.3 Å². The van der Waals surface area contributed by atoms with Gasteiger partial charge >= 0.3 is 0 Å². The van der Waals surface area contributed by atoms with Gasteiger partial charge in [0, 0.05) is 13.1 Å². The zero-order valence-electron chi connectivity index (χ0n) is 10.4. The minimum atomic E-state index is -3.45. The van der Waals surface area contributed by atoms with Gasteiger partial charge < -0.3 is 5.11 Å². The molecule has 0 aromatic heterocycles. The van der Waals surface area contributed by atoms with Crippen molar-refractivity contribution >= 4 is 10.0 Å². The third kappa shape index (κ3) is 3.20. The van der Waals surface area contributed by atoms with E-state index in [4.69, 9.17) is 5.11 Å². The van der Waals surface area contributed by atoms with E-state index >= 15 is 0 Å². The summed E-state index contributed by atoms with van der Waals surface area (Å²) >= 11 is 0. The number of sulfonamides is 1. The number of hydrogen-bond acceptors (Lipinski definition) is 3. The summed E-state index contributed by atoms with van der Waals surface area (Å²) < 4.78 is 25.8. The molecular formula is C12H19NO3S. The van der Waals surface area contributed by atoms with Crippen LogP contribution in [0.5, 0.6) is 5.75 Å². The highest BCUT2D eigenvalue weighted by molar-refractivity contribution is 7.89. The number of phenolic OH excluding ortho intramolecular Hbond substituents is 1. The average molecular weight is 257 g/mol. The Labute approximate surface area is 103 Å². The fraction of sp³-hybridized carbons (Fsp3) is 0.500. The summed E-state index contributed by atoms with van der Waals surface area (Å²) in [5, 5.41) is 9.15. The third-order valence-corrected chi connectivity index (χ3v) is 4.83. The molecule has 0 aliphatic carbocycles. The van der Waals surface area contributed by atoms with Gasteiger partial charge in [0.1, 0.15) is 5.75 Å². The van der Waals surface area contributed by atoms with E-state index in [1.54, 1.807) is 7.05 Å². The third-order valence-electron chi connectivity index (χ3n) is 2.84. The van der Waals surface area contributed by atoms with Crippen LogP contribution in [0.2, 0.25) is 0 Å². The smallest absolute Gasteiger partial charge is 0.243 e. The monoisotopic (exact) mass is 257 g/mol. The molecule has 17 heavy (non-hydrogen) atoms. The summed E-state index contributed by atoms with van der Waals surface area (Å²) in [6, 6.07) is 5.56. The topological polar surface area (TPSA) is 57.6 Å². The molecule has 0 saturated carbocycles. The molecule has 1 atom stereocenters. The first-order valence-corrected chi connectivity index (χ1v) is 7.10. The Balaban J connectivity index is 2.98.